The Kier molecular flexibility index (Phi) is 12.7. The first-order chi connectivity index (χ1) is 22.2. The molecule has 0 amide bonds. The summed E-state index contributed by atoms with van der Waals surface area (Å²) in [6, 6.07) is 16.3. The number of pyridine rings is 2. The topological polar surface area (TPSA) is 140 Å². The van der Waals surface area contributed by atoms with E-state index in [2.05, 4.69) is 15.1 Å². The maximum Gasteiger partial charge on any atom is 0.416 e. The molecule has 1 atom stereocenters. The molecule has 0 fully saturated rings. The van der Waals surface area contributed by atoms with Gasteiger partial charge < -0.3 is 25.5 Å². The quantitative estimate of drug-likeness (QED) is 0.0842. The SMILES string of the molecule is CC(=O)O.NC1CCOc2ccc(-c3cccc(C(F)(F)F)c3)nc21.O/N=C1/CCOc2ccc(-c3cccc(C(F)(F)F)c3)nc21.[Zn]. The first kappa shape index (κ1) is 37.9. The van der Waals surface area contributed by atoms with Crippen molar-refractivity contribution in [3.8, 4) is 34.0 Å². The second-order valence-corrected chi connectivity index (χ2v) is 10.2. The third-order valence-corrected chi connectivity index (χ3v) is 6.74. The number of carboxylic acid groups (broad SMARTS) is 1. The standard InChI is InChI=1S/C15H11F3N2O2.C15H13F3N2O.C2H4O2.Zn/c16-15(17,18)10-3-1-2-9(8-10)11-4-5-13-14(19-11)12(20-21)6-7-22-13;16-15(17,18)10-3-1-2-9(8-10)12-4-5-13-14(20-12)11(19)6-7-21-13;1-2(3)4;/h1-5,8,21H,6-7H2;1-5,8,11H,6-7,19H2;1H3,(H,3,4);/b20-12-;;;. The van der Waals surface area contributed by atoms with Crippen molar-refractivity contribution in [3.05, 3.63) is 95.3 Å². The number of carboxylic acids is 1. The fourth-order valence-electron chi connectivity index (χ4n) is 4.56. The zero-order valence-electron chi connectivity index (χ0n) is 25.3. The van der Waals surface area contributed by atoms with Crippen LogP contribution in [0.5, 0.6) is 11.5 Å². The number of halogens is 6. The summed E-state index contributed by atoms with van der Waals surface area (Å²) in [5.74, 6) is 0.222. The Morgan fingerprint density at radius 2 is 1.33 bits per heavy atom. The molecule has 2 aromatic heterocycles. The number of benzene rings is 2. The van der Waals surface area contributed by atoms with Gasteiger partial charge in [0.15, 0.2) is 0 Å². The summed E-state index contributed by atoms with van der Waals surface area (Å²) in [5.41, 5.74) is 7.40. The molecule has 2 aliphatic heterocycles. The smallest absolute Gasteiger partial charge is 0.416 e. The van der Waals surface area contributed by atoms with Crippen LogP contribution in [0.25, 0.3) is 22.5 Å². The van der Waals surface area contributed by atoms with Crippen LogP contribution in [0.15, 0.2) is 78.0 Å². The molecule has 6 rings (SSSR count). The monoisotopic (exact) mass is 726 g/mol. The molecule has 2 aliphatic rings. The molecular weight excluding hydrogens is 700 g/mol. The molecule has 48 heavy (non-hydrogen) atoms. The summed E-state index contributed by atoms with van der Waals surface area (Å²) in [5, 5.41) is 19.6. The van der Waals surface area contributed by atoms with Crippen molar-refractivity contribution >= 4 is 11.7 Å². The van der Waals surface area contributed by atoms with Gasteiger partial charge in [0.1, 0.15) is 22.9 Å². The summed E-state index contributed by atoms with van der Waals surface area (Å²) in [4.78, 5) is 17.6. The number of rotatable bonds is 2. The molecule has 250 valence electrons. The van der Waals surface area contributed by atoms with E-state index in [1.807, 2.05) is 0 Å². The minimum atomic E-state index is -4.41. The van der Waals surface area contributed by atoms with Crippen molar-refractivity contribution in [2.75, 3.05) is 13.2 Å². The van der Waals surface area contributed by atoms with Gasteiger partial charge in [-0.15, -0.1) is 0 Å². The van der Waals surface area contributed by atoms with E-state index >= 15 is 0 Å². The van der Waals surface area contributed by atoms with Crippen LogP contribution in [0.2, 0.25) is 0 Å². The summed E-state index contributed by atoms with van der Waals surface area (Å²) in [6.07, 6.45) is -7.75. The summed E-state index contributed by atoms with van der Waals surface area (Å²) in [7, 11) is 0. The van der Waals surface area contributed by atoms with Crippen molar-refractivity contribution in [1.82, 2.24) is 9.97 Å². The fraction of sp³-hybridized carbons (Fsp3) is 0.250. The van der Waals surface area contributed by atoms with Crippen LogP contribution in [0.3, 0.4) is 0 Å². The Morgan fingerprint density at radius 1 is 0.833 bits per heavy atom. The minimum absolute atomic E-state index is 0. The van der Waals surface area contributed by atoms with E-state index in [9.17, 15) is 26.3 Å². The Morgan fingerprint density at radius 3 is 1.85 bits per heavy atom. The largest absolute Gasteiger partial charge is 0.492 e. The molecule has 0 bridgehead atoms. The van der Waals surface area contributed by atoms with Gasteiger partial charge in [-0.05, 0) is 48.5 Å². The number of nitrogens with two attached hydrogens (primary N) is 1. The second-order valence-electron chi connectivity index (χ2n) is 10.2. The average Bonchev–Trinajstić information content (AvgIpc) is 3.04. The van der Waals surface area contributed by atoms with Gasteiger partial charge >= 0.3 is 12.4 Å². The van der Waals surface area contributed by atoms with Gasteiger partial charge in [-0.3, -0.25) is 4.79 Å². The number of oxime groups is 1. The number of aliphatic carboxylic acids is 1. The number of alkyl halides is 6. The van der Waals surface area contributed by atoms with Gasteiger partial charge in [0.05, 0.1) is 47.5 Å². The van der Waals surface area contributed by atoms with Crippen molar-refractivity contribution in [2.24, 2.45) is 10.9 Å². The molecule has 1 unspecified atom stereocenters. The molecule has 0 aliphatic carbocycles. The van der Waals surface area contributed by atoms with E-state index in [1.165, 1.54) is 12.1 Å². The van der Waals surface area contributed by atoms with Gasteiger partial charge in [0.25, 0.3) is 5.97 Å². The molecule has 9 nitrogen and oxygen atoms in total. The van der Waals surface area contributed by atoms with Crippen LogP contribution >= 0.6 is 0 Å². The predicted octanol–water partition coefficient (Wildman–Crippen LogP) is 7.37. The van der Waals surface area contributed by atoms with Crippen molar-refractivity contribution in [1.29, 1.82) is 0 Å². The predicted molar refractivity (Wildman–Crippen MR) is 158 cm³/mol. The van der Waals surface area contributed by atoms with E-state index in [0.717, 1.165) is 31.2 Å². The van der Waals surface area contributed by atoms with Crippen LogP contribution < -0.4 is 15.2 Å². The molecule has 4 heterocycles. The molecule has 4 N–H and O–H groups in total. The number of ether oxygens (including phenoxy) is 2. The zero-order valence-corrected chi connectivity index (χ0v) is 28.3. The van der Waals surface area contributed by atoms with Gasteiger partial charge in [-0.2, -0.15) is 26.3 Å². The van der Waals surface area contributed by atoms with Crippen molar-refractivity contribution < 1.29 is 70.4 Å². The Hall–Kier alpha value is -4.56. The van der Waals surface area contributed by atoms with Crippen LogP contribution in [0, 0.1) is 0 Å². The van der Waals surface area contributed by atoms with Crippen LogP contribution in [0.1, 0.15) is 48.3 Å². The first-order valence-corrected chi connectivity index (χ1v) is 14.0. The van der Waals surface area contributed by atoms with Gasteiger partial charge in [0.2, 0.25) is 0 Å². The molecule has 2 aromatic carbocycles. The van der Waals surface area contributed by atoms with Gasteiger partial charge in [-0.25, -0.2) is 9.97 Å². The van der Waals surface area contributed by atoms with Gasteiger partial charge in [-0.1, -0.05) is 29.4 Å². The maximum atomic E-state index is 12.8. The third-order valence-electron chi connectivity index (χ3n) is 6.74. The molecular formula is C32H28F6N4O5Zn. The molecule has 16 heteroatoms. The van der Waals surface area contributed by atoms with E-state index < -0.39 is 29.4 Å². The van der Waals surface area contributed by atoms with Crippen LogP contribution in [-0.4, -0.2) is 45.2 Å². The number of aromatic nitrogens is 2. The Balaban J connectivity index is 0.000000230. The van der Waals surface area contributed by atoms with E-state index in [0.29, 0.717) is 77.2 Å². The van der Waals surface area contributed by atoms with E-state index in [1.54, 1.807) is 36.4 Å². The number of hydrogen-bond acceptors (Lipinski definition) is 8. The van der Waals surface area contributed by atoms with Gasteiger partial charge in [0, 0.05) is 50.4 Å². The maximum absolute atomic E-state index is 12.8. The molecule has 0 saturated carbocycles. The average molecular weight is 728 g/mol. The number of fused-ring (bicyclic) bond motifs is 2. The molecule has 0 saturated heterocycles. The molecule has 0 spiro atoms. The van der Waals surface area contributed by atoms with Crippen molar-refractivity contribution in [2.45, 2.75) is 38.2 Å². The first-order valence-electron chi connectivity index (χ1n) is 14.0. The summed E-state index contributed by atoms with van der Waals surface area (Å²) in [6.45, 7) is 1.98. The summed E-state index contributed by atoms with van der Waals surface area (Å²) < 4.78 is 87.4. The zero-order chi connectivity index (χ0) is 34.4. The Labute approximate surface area is 283 Å². The van der Waals surface area contributed by atoms with Crippen LogP contribution in [0.4, 0.5) is 26.3 Å². The normalized spacial score (nSPS) is 15.8. The molecule has 0 radical (unpaired) electrons. The third kappa shape index (κ3) is 9.74. The Bertz CT molecular complexity index is 1760. The van der Waals surface area contributed by atoms with E-state index in [4.69, 9.17) is 30.3 Å². The number of nitrogens with zero attached hydrogens (tertiary/aromatic N) is 3. The number of carbonyl (C=O) groups is 1. The van der Waals surface area contributed by atoms with E-state index in [-0.39, 0.29) is 25.5 Å². The summed E-state index contributed by atoms with van der Waals surface area (Å²) >= 11 is 0. The number of hydrogen-bond donors (Lipinski definition) is 3. The fourth-order valence-corrected chi connectivity index (χ4v) is 4.56. The second kappa shape index (κ2) is 16.0. The minimum Gasteiger partial charge on any atom is -0.492 e. The van der Waals surface area contributed by atoms with Crippen molar-refractivity contribution in [3.63, 3.8) is 0 Å². The van der Waals surface area contributed by atoms with Crippen LogP contribution in [-0.2, 0) is 36.6 Å². The molecule has 4 aromatic rings.